The minimum Gasteiger partial charge on any atom is -0.486 e. The van der Waals surface area contributed by atoms with Crippen molar-refractivity contribution < 1.29 is 37.7 Å². The molecular formula is C24H29F3N2O5. The van der Waals surface area contributed by atoms with Gasteiger partial charge in [0.25, 0.3) is 0 Å². The van der Waals surface area contributed by atoms with Crippen LogP contribution < -0.4 is 10.1 Å². The lowest BCUT2D eigenvalue weighted by Crippen LogP contribution is -2.57. The lowest BCUT2D eigenvalue weighted by atomic mass is 9.77. The normalized spacial score (nSPS) is 26.3. The van der Waals surface area contributed by atoms with Crippen molar-refractivity contribution in [3.05, 3.63) is 41.5 Å². The standard InChI is InChI=1S/C24H29F3N2O5/c25-24(26,27)13-29(19(31)11-14-5-1-2-6-14)17-12-16(23(33)28-9-10-30)20-15-7-3-4-8-18(15)34-22(20)21(17)32/h3-4,7-8,12,14,17,20-22,30,32H,1-2,5-6,9-11,13H2,(H,28,33). The van der Waals surface area contributed by atoms with Crippen molar-refractivity contribution in [2.45, 2.75) is 62.4 Å². The minimum atomic E-state index is -4.69. The smallest absolute Gasteiger partial charge is 0.406 e. The van der Waals surface area contributed by atoms with E-state index in [-0.39, 0.29) is 31.1 Å². The lowest BCUT2D eigenvalue weighted by Gasteiger charge is -2.41. The molecule has 0 spiro atoms. The average molecular weight is 482 g/mol. The molecule has 0 radical (unpaired) electrons. The Hall–Kier alpha value is -2.59. The van der Waals surface area contributed by atoms with E-state index in [1.165, 1.54) is 6.08 Å². The summed E-state index contributed by atoms with van der Waals surface area (Å²) in [7, 11) is 0. The highest BCUT2D eigenvalue weighted by molar-refractivity contribution is 5.96. The molecule has 1 heterocycles. The number of hydrogen-bond acceptors (Lipinski definition) is 5. The molecular weight excluding hydrogens is 453 g/mol. The third kappa shape index (κ3) is 5.07. The molecule has 1 aromatic rings. The van der Waals surface area contributed by atoms with Gasteiger partial charge in [-0.15, -0.1) is 0 Å². The van der Waals surface area contributed by atoms with Crippen molar-refractivity contribution >= 4 is 11.8 Å². The summed E-state index contributed by atoms with van der Waals surface area (Å²) in [5.74, 6) is -1.55. The Labute approximate surface area is 195 Å². The zero-order valence-electron chi connectivity index (χ0n) is 18.6. The maximum absolute atomic E-state index is 13.5. The molecule has 34 heavy (non-hydrogen) atoms. The number of alkyl halides is 3. The van der Waals surface area contributed by atoms with Gasteiger partial charge in [0.15, 0.2) is 0 Å². The number of nitrogens with one attached hydrogen (secondary N) is 1. The molecule has 4 atom stereocenters. The number of halogens is 3. The molecule has 4 unspecified atom stereocenters. The van der Waals surface area contributed by atoms with Crippen LogP contribution in [0.1, 0.15) is 43.6 Å². The number of aliphatic hydroxyl groups is 2. The number of hydrogen-bond donors (Lipinski definition) is 3. The largest absolute Gasteiger partial charge is 0.486 e. The van der Waals surface area contributed by atoms with Gasteiger partial charge in [0, 0.05) is 24.1 Å². The molecule has 186 valence electrons. The maximum Gasteiger partial charge on any atom is 0.406 e. The van der Waals surface area contributed by atoms with Gasteiger partial charge in [-0.2, -0.15) is 13.2 Å². The van der Waals surface area contributed by atoms with Crippen molar-refractivity contribution in [3.8, 4) is 5.75 Å². The number of carbonyl (C=O) groups is 2. The summed E-state index contributed by atoms with van der Waals surface area (Å²) in [6.45, 7) is -1.89. The predicted octanol–water partition coefficient (Wildman–Crippen LogP) is 2.28. The Morgan fingerprint density at radius 2 is 1.88 bits per heavy atom. The van der Waals surface area contributed by atoms with Gasteiger partial charge in [-0.1, -0.05) is 31.0 Å². The summed E-state index contributed by atoms with van der Waals surface area (Å²) < 4.78 is 46.5. The van der Waals surface area contributed by atoms with Crippen molar-refractivity contribution in [1.29, 1.82) is 0 Å². The second-order valence-electron chi connectivity index (χ2n) is 9.17. The second kappa shape index (κ2) is 9.95. The number of rotatable bonds is 7. The monoisotopic (exact) mass is 482 g/mol. The van der Waals surface area contributed by atoms with Crippen LogP contribution in [0.25, 0.3) is 0 Å². The summed E-state index contributed by atoms with van der Waals surface area (Å²) in [4.78, 5) is 26.7. The van der Waals surface area contributed by atoms with Crippen LogP contribution in [0.15, 0.2) is 35.9 Å². The summed E-state index contributed by atoms with van der Waals surface area (Å²) in [6, 6.07) is 5.47. The fourth-order valence-electron chi connectivity index (χ4n) is 5.32. The van der Waals surface area contributed by atoms with E-state index in [9.17, 15) is 27.9 Å². The molecule has 0 bridgehead atoms. The topological polar surface area (TPSA) is 99.1 Å². The van der Waals surface area contributed by atoms with Crippen LogP contribution in [0.3, 0.4) is 0 Å². The van der Waals surface area contributed by atoms with Gasteiger partial charge in [0.1, 0.15) is 24.5 Å². The van der Waals surface area contributed by atoms with E-state index in [0.29, 0.717) is 16.2 Å². The molecule has 0 saturated heterocycles. The first-order chi connectivity index (χ1) is 16.2. The zero-order chi connectivity index (χ0) is 24.5. The van der Waals surface area contributed by atoms with Gasteiger partial charge in [0.2, 0.25) is 11.8 Å². The number of ether oxygens (including phenoxy) is 1. The van der Waals surface area contributed by atoms with Crippen LogP contribution in [-0.2, 0) is 9.59 Å². The third-order valence-corrected chi connectivity index (χ3v) is 6.85. The molecule has 3 N–H and O–H groups in total. The molecule has 1 saturated carbocycles. The summed E-state index contributed by atoms with van der Waals surface area (Å²) in [5, 5.41) is 22.8. The molecule has 4 rings (SSSR count). The predicted molar refractivity (Wildman–Crippen MR) is 116 cm³/mol. The Balaban J connectivity index is 1.71. The molecule has 2 aliphatic carbocycles. The highest BCUT2D eigenvalue weighted by atomic mass is 19.4. The number of carbonyl (C=O) groups excluding carboxylic acids is 2. The van der Waals surface area contributed by atoms with Crippen molar-refractivity contribution in [3.63, 3.8) is 0 Å². The van der Waals surface area contributed by atoms with Crippen LogP contribution in [0, 0.1) is 5.92 Å². The van der Waals surface area contributed by atoms with Crippen molar-refractivity contribution in [2.75, 3.05) is 19.7 Å². The van der Waals surface area contributed by atoms with E-state index in [4.69, 9.17) is 9.84 Å². The van der Waals surface area contributed by atoms with Gasteiger partial charge < -0.3 is 25.2 Å². The maximum atomic E-state index is 13.5. The number of aliphatic hydroxyl groups excluding tert-OH is 2. The van der Waals surface area contributed by atoms with Gasteiger partial charge >= 0.3 is 6.18 Å². The Morgan fingerprint density at radius 3 is 2.56 bits per heavy atom. The molecule has 1 fully saturated rings. The van der Waals surface area contributed by atoms with Crippen molar-refractivity contribution in [1.82, 2.24) is 10.2 Å². The molecule has 1 aromatic carbocycles. The molecule has 10 heteroatoms. The van der Waals surface area contributed by atoms with Crippen molar-refractivity contribution in [2.24, 2.45) is 5.92 Å². The summed E-state index contributed by atoms with van der Waals surface area (Å²) >= 11 is 0. The lowest BCUT2D eigenvalue weighted by molar-refractivity contribution is -0.170. The number of nitrogens with zero attached hydrogens (tertiary/aromatic N) is 1. The van der Waals surface area contributed by atoms with Crippen LogP contribution >= 0.6 is 0 Å². The van der Waals surface area contributed by atoms with Gasteiger partial charge in [-0.05, 0) is 30.9 Å². The van der Waals surface area contributed by atoms with E-state index in [1.54, 1.807) is 24.3 Å². The Bertz CT molecular complexity index is 945. The fraction of sp³-hybridized carbons (Fsp3) is 0.583. The van der Waals surface area contributed by atoms with Gasteiger partial charge in [-0.3, -0.25) is 9.59 Å². The van der Waals surface area contributed by atoms with E-state index >= 15 is 0 Å². The molecule has 2 amide bonds. The Kier molecular flexibility index (Phi) is 7.18. The SMILES string of the molecule is O=C(NCCO)C1=CC(N(CC(F)(F)F)C(=O)CC2CCCC2)C(O)C2Oc3ccccc3C12. The minimum absolute atomic E-state index is 0.0139. The highest BCUT2D eigenvalue weighted by Gasteiger charge is 2.51. The van der Waals surface area contributed by atoms with E-state index in [1.807, 2.05) is 0 Å². The summed E-state index contributed by atoms with van der Waals surface area (Å²) in [6.07, 6.45) is -2.51. The molecule has 1 aliphatic heterocycles. The first kappa shape index (κ1) is 24.5. The number of fused-ring (bicyclic) bond motifs is 3. The average Bonchev–Trinajstić information content (AvgIpc) is 3.44. The third-order valence-electron chi connectivity index (χ3n) is 6.85. The van der Waals surface area contributed by atoms with E-state index < -0.39 is 48.7 Å². The second-order valence-corrected chi connectivity index (χ2v) is 9.17. The molecule has 0 aromatic heterocycles. The number of amides is 2. The van der Waals surface area contributed by atoms with Crippen LogP contribution in [0.5, 0.6) is 5.75 Å². The van der Waals surface area contributed by atoms with Crippen LogP contribution in [-0.4, -0.2) is 71.0 Å². The van der Waals surface area contributed by atoms with E-state index in [0.717, 1.165) is 25.7 Å². The van der Waals surface area contributed by atoms with E-state index in [2.05, 4.69) is 5.32 Å². The van der Waals surface area contributed by atoms with Crippen LogP contribution in [0.4, 0.5) is 13.2 Å². The van der Waals surface area contributed by atoms with Gasteiger partial charge in [-0.25, -0.2) is 0 Å². The fourth-order valence-corrected chi connectivity index (χ4v) is 5.32. The summed E-state index contributed by atoms with van der Waals surface area (Å²) in [5.41, 5.74) is 0.745. The quantitative estimate of drug-likeness (QED) is 0.554. The number of para-hydroxylation sites is 1. The first-order valence-corrected chi connectivity index (χ1v) is 11.6. The Morgan fingerprint density at radius 1 is 1.18 bits per heavy atom. The number of benzene rings is 1. The zero-order valence-corrected chi connectivity index (χ0v) is 18.6. The van der Waals surface area contributed by atoms with Gasteiger partial charge in [0.05, 0.1) is 18.6 Å². The molecule has 7 nitrogen and oxygen atoms in total. The van der Waals surface area contributed by atoms with Crippen LogP contribution in [0.2, 0.25) is 0 Å². The highest BCUT2D eigenvalue weighted by Crippen LogP contribution is 2.47. The first-order valence-electron chi connectivity index (χ1n) is 11.6. The molecule has 3 aliphatic rings.